The van der Waals surface area contributed by atoms with Gasteiger partial charge in [-0.05, 0) is 57.3 Å². The van der Waals surface area contributed by atoms with E-state index in [4.69, 9.17) is 4.74 Å². The molecule has 4 nitrogen and oxygen atoms in total. The van der Waals surface area contributed by atoms with Gasteiger partial charge in [-0.3, -0.25) is 4.79 Å². The van der Waals surface area contributed by atoms with Gasteiger partial charge in [0, 0.05) is 6.54 Å². The van der Waals surface area contributed by atoms with Crippen LogP contribution in [0.25, 0.3) is 0 Å². The molecule has 1 saturated heterocycles. The molecule has 1 aromatic carbocycles. The van der Waals surface area contributed by atoms with Crippen molar-refractivity contribution >= 4 is 11.6 Å². The van der Waals surface area contributed by atoms with E-state index in [2.05, 4.69) is 5.32 Å². The van der Waals surface area contributed by atoms with Crippen molar-refractivity contribution in [3.63, 3.8) is 0 Å². The van der Waals surface area contributed by atoms with Crippen LogP contribution in [0.4, 0.5) is 5.69 Å². The number of amides is 1. The summed E-state index contributed by atoms with van der Waals surface area (Å²) in [4.78, 5) is 14.2. The van der Waals surface area contributed by atoms with E-state index in [-0.39, 0.29) is 12.0 Å². The topological polar surface area (TPSA) is 41.6 Å². The number of hydrogen-bond acceptors (Lipinski definition) is 3. The van der Waals surface area contributed by atoms with E-state index in [0.717, 1.165) is 37.5 Å². The molecule has 1 aromatic rings. The summed E-state index contributed by atoms with van der Waals surface area (Å²) in [6.07, 6.45) is 3.19. The molecule has 0 saturated carbocycles. The van der Waals surface area contributed by atoms with Crippen molar-refractivity contribution < 1.29 is 9.53 Å². The lowest BCUT2D eigenvalue weighted by Crippen LogP contribution is -2.45. The summed E-state index contributed by atoms with van der Waals surface area (Å²) < 4.78 is 5.66. The lowest BCUT2D eigenvalue weighted by atomic mass is 9.95. The molecule has 0 bridgehead atoms. The summed E-state index contributed by atoms with van der Waals surface area (Å²) in [6, 6.07) is 7.82. The van der Waals surface area contributed by atoms with Gasteiger partial charge in [-0.2, -0.15) is 0 Å². The zero-order valence-electron chi connectivity index (χ0n) is 12.0. The van der Waals surface area contributed by atoms with E-state index in [1.165, 1.54) is 12.8 Å². The third-order valence-electron chi connectivity index (χ3n) is 4.23. The summed E-state index contributed by atoms with van der Waals surface area (Å²) in [5, 5.41) is 3.43. The Labute approximate surface area is 120 Å². The molecule has 1 fully saturated rings. The summed E-state index contributed by atoms with van der Waals surface area (Å²) in [6.45, 7) is 4.83. The number of para-hydroxylation sites is 2. The van der Waals surface area contributed by atoms with Gasteiger partial charge in [0.25, 0.3) is 5.91 Å². The van der Waals surface area contributed by atoms with Crippen LogP contribution in [-0.4, -0.2) is 31.6 Å². The maximum absolute atomic E-state index is 12.3. The Balaban J connectivity index is 1.72. The Morgan fingerprint density at radius 2 is 2.25 bits per heavy atom. The van der Waals surface area contributed by atoms with Crippen molar-refractivity contribution in [3.8, 4) is 5.75 Å². The number of nitrogens with one attached hydrogen (secondary N) is 1. The van der Waals surface area contributed by atoms with Gasteiger partial charge in [0.1, 0.15) is 5.75 Å². The van der Waals surface area contributed by atoms with Crippen molar-refractivity contribution in [1.82, 2.24) is 5.32 Å². The fraction of sp³-hybridized carbons (Fsp3) is 0.562. The molecule has 2 heterocycles. The number of nitrogens with zero attached hydrogens (tertiary/aromatic N) is 1. The predicted octanol–water partition coefficient (Wildman–Crippen LogP) is 2.19. The first-order valence-corrected chi connectivity index (χ1v) is 7.53. The SMILES string of the molecule is CC1Oc2ccccc2N(CCC2CCCNC2)C1=O. The zero-order valence-corrected chi connectivity index (χ0v) is 12.0. The molecule has 0 aliphatic carbocycles. The first-order chi connectivity index (χ1) is 9.75. The summed E-state index contributed by atoms with van der Waals surface area (Å²) in [7, 11) is 0. The number of benzene rings is 1. The molecule has 4 heteroatoms. The molecular weight excluding hydrogens is 252 g/mol. The number of hydrogen-bond donors (Lipinski definition) is 1. The van der Waals surface area contributed by atoms with Gasteiger partial charge in [0.05, 0.1) is 5.69 Å². The van der Waals surface area contributed by atoms with Gasteiger partial charge in [-0.1, -0.05) is 12.1 Å². The van der Waals surface area contributed by atoms with Crippen molar-refractivity contribution in [2.75, 3.05) is 24.5 Å². The van der Waals surface area contributed by atoms with E-state index in [0.29, 0.717) is 5.92 Å². The maximum Gasteiger partial charge on any atom is 0.267 e. The fourth-order valence-electron chi connectivity index (χ4n) is 3.07. The minimum atomic E-state index is -0.380. The molecule has 2 aliphatic rings. The number of anilines is 1. The molecular formula is C16H22N2O2. The fourth-order valence-corrected chi connectivity index (χ4v) is 3.07. The van der Waals surface area contributed by atoms with Crippen LogP contribution >= 0.6 is 0 Å². The number of carbonyl (C=O) groups is 1. The number of piperidine rings is 1. The first-order valence-electron chi connectivity index (χ1n) is 7.53. The lowest BCUT2D eigenvalue weighted by molar-refractivity contribution is -0.125. The molecule has 0 radical (unpaired) electrons. The maximum atomic E-state index is 12.3. The Hall–Kier alpha value is -1.55. The Bertz CT molecular complexity index is 483. The molecule has 2 aliphatic heterocycles. The molecule has 1 N–H and O–H groups in total. The highest BCUT2D eigenvalue weighted by Gasteiger charge is 2.31. The molecule has 108 valence electrons. The van der Waals surface area contributed by atoms with Crippen LogP contribution in [0.3, 0.4) is 0 Å². The first kappa shape index (κ1) is 13.4. The quantitative estimate of drug-likeness (QED) is 0.918. The average Bonchev–Trinajstić information content (AvgIpc) is 2.49. The van der Waals surface area contributed by atoms with Crippen LogP contribution in [0.15, 0.2) is 24.3 Å². The van der Waals surface area contributed by atoms with E-state index >= 15 is 0 Å². The van der Waals surface area contributed by atoms with Gasteiger partial charge in [-0.25, -0.2) is 0 Å². The zero-order chi connectivity index (χ0) is 13.9. The predicted molar refractivity (Wildman–Crippen MR) is 79.1 cm³/mol. The van der Waals surface area contributed by atoms with E-state index in [1.807, 2.05) is 36.1 Å². The highest BCUT2D eigenvalue weighted by molar-refractivity contribution is 5.99. The van der Waals surface area contributed by atoms with E-state index in [1.54, 1.807) is 0 Å². The van der Waals surface area contributed by atoms with E-state index in [9.17, 15) is 4.79 Å². The second kappa shape index (κ2) is 5.83. The van der Waals surface area contributed by atoms with Gasteiger partial charge >= 0.3 is 0 Å². The number of ether oxygens (including phenoxy) is 1. The van der Waals surface area contributed by atoms with Crippen LogP contribution in [0.2, 0.25) is 0 Å². The third-order valence-corrected chi connectivity index (χ3v) is 4.23. The van der Waals surface area contributed by atoms with Crippen molar-refractivity contribution in [2.45, 2.75) is 32.3 Å². The summed E-state index contributed by atoms with van der Waals surface area (Å²) >= 11 is 0. The molecule has 0 aromatic heterocycles. The normalized spacial score (nSPS) is 26.1. The number of fused-ring (bicyclic) bond motifs is 1. The standard InChI is InChI=1S/C16H22N2O2/c1-12-16(19)18(10-8-13-5-4-9-17-11-13)14-6-2-3-7-15(14)20-12/h2-3,6-7,12-13,17H,4-5,8-11H2,1H3. The highest BCUT2D eigenvalue weighted by Crippen LogP contribution is 2.34. The summed E-state index contributed by atoms with van der Waals surface area (Å²) in [5.74, 6) is 1.58. The third kappa shape index (κ3) is 2.66. The lowest BCUT2D eigenvalue weighted by Gasteiger charge is -2.34. The monoisotopic (exact) mass is 274 g/mol. The van der Waals surface area contributed by atoms with E-state index < -0.39 is 0 Å². The van der Waals surface area contributed by atoms with Crippen molar-refractivity contribution in [1.29, 1.82) is 0 Å². The smallest absolute Gasteiger partial charge is 0.267 e. The number of rotatable bonds is 3. The molecule has 2 unspecified atom stereocenters. The molecule has 20 heavy (non-hydrogen) atoms. The van der Waals surface area contributed by atoms with Gasteiger partial charge < -0.3 is 15.0 Å². The van der Waals surface area contributed by atoms with Gasteiger partial charge in [-0.15, -0.1) is 0 Å². The number of carbonyl (C=O) groups excluding carboxylic acids is 1. The minimum Gasteiger partial charge on any atom is -0.479 e. The van der Waals surface area contributed by atoms with Crippen LogP contribution in [0.1, 0.15) is 26.2 Å². The molecule has 0 spiro atoms. The minimum absolute atomic E-state index is 0.0764. The van der Waals surface area contributed by atoms with Crippen LogP contribution in [-0.2, 0) is 4.79 Å². The average molecular weight is 274 g/mol. The van der Waals surface area contributed by atoms with Gasteiger partial charge in [0.2, 0.25) is 0 Å². The Morgan fingerprint density at radius 3 is 3.05 bits per heavy atom. The van der Waals surface area contributed by atoms with Crippen LogP contribution < -0.4 is 15.0 Å². The molecule has 2 atom stereocenters. The Kier molecular flexibility index (Phi) is 3.92. The molecule has 3 rings (SSSR count). The Morgan fingerprint density at radius 1 is 1.40 bits per heavy atom. The largest absolute Gasteiger partial charge is 0.479 e. The molecule has 1 amide bonds. The van der Waals surface area contributed by atoms with Gasteiger partial charge in [0.15, 0.2) is 6.10 Å². The van der Waals surface area contributed by atoms with Crippen molar-refractivity contribution in [3.05, 3.63) is 24.3 Å². The van der Waals surface area contributed by atoms with Crippen LogP contribution in [0.5, 0.6) is 5.75 Å². The summed E-state index contributed by atoms with van der Waals surface area (Å²) in [5.41, 5.74) is 0.916. The van der Waals surface area contributed by atoms with Crippen LogP contribution in [0, 0.1) is 5.92 Å². The second-order valence-corrected chi connectivity index (χ2v) is 5.72. The van der Waals surface area contributed by atoms with Crippen molar-refractivity contribution in [2.24, 2.45) is 5.92 Å². The second-order valence-electron chi connectivity index (χ2n) is 5.72. The highest BCUT2D eigenvalue weighted by atomic mass is 16.5.